The van der Waals surface area contributed by atoms with Crippen LogP contribution in [0.25, 0.3) is 5.69 Å². The highest BCUT2D eigenvalue weighted by molar-refractivity contribution is 5.41. The van der Waals surface area contributed by atoms with E-state index in [9.17, 15) is 4.39 Å². The van der Waals surface area contributed by atoms with Gasteiger partial charge in [-0.3, -0.25) is 0 Å². The molecule has 0 fully saturated rings. The number of benzene rings is 1. The second kappa shape index (κ2) is 5.66. The first-order valence-electron chi connectivity index (χ1n) is 6.45. The van der Waals surface area contributed by atoms with Crippen molar-refractivity contribution in [3.63, 3.8) is 0 Å². The van der Waals surface area contributed by atoms with Crippen LogP contribution >= 0.6 is 0 Å². The molecule has 2 heterocycles. The lowest BCUT2D eigenvalue weighted by Gasteiger charge is -2.15. The molecular weight excluding hydrogens is 271 g/mol. The Morgan fingerprint density at radius 2 is 2.05 bits per heavy atom. The van der Waals surface area contributed by atoms with E-state index in [0.29, 0.717) is 5.82 Å². The molecule has 0 aliphatic heterocycles. The lowest BCUT2D eigenvalue weighted by molar-refractivity contribution is 0.584. The molecule has 1 N–H and O–H groups in total. The maximum absolute atomic E-state index is 13.1. The van der Waals surface area contributed by atoms with Gasteiger partial charge in [-0.15, -0.1) is 5.10 Å². The van der Waals surface area contributed by atoms with Crippen LogP contribution in [-0.4, -0.2) is 25.2 Å². The zero-order chi connectivity index (χ0) is 14.7. The molecule has 6 nitrogen and oxygen atoms in total. The van der Waals surface area contributed by atoms with Crippen LogP contribution in [0.3, 0.4) is 0 Å². The Hall–Kier alpha value is -2.83. The average Bonchev–Trinajstić information content (AvgIpc) is 3.02. The predicted octanol–water partition coefficient (Wildman–Crippen LogP) is 2.37. The molecular formula is C14H13FN6. The third-order valence-corrected chi connectivity index (χ3v) is 3.06. The first-order valence-corrected chi connectivity index (χ1v) is 6.45. The third kappa shape index (κ3) is 3.02. The van der Waals surface area contributed by atoms with Gasteiger partial charge in [0.05, 0.1) is 11.7 Å². The van der Waals surface area contributed by atoms with Gasteiger partial charge >= 0.3 is 0 Å². The number of anilines is 1. The van der Waals surface area contributed by atoms with Crippen LogP contribution < -0.4 is 5.32 Å². The minimum Gasteiger partial charge on any atom is -0.363 e. The van der Waals surface area contributed by atoms with Crippen LogP contribution in [0.2, 0.25) is 0 Å². The fourth-order valence-electron chi connectivity index (χ4n) is 2.01. The molecule has 1 unspecified atom stereocenters. The van der Waals surface area contributed by atoms with E-state index in [2.05, 4.69) is 25.8 Å². The Kier molecular flexibility index (Phi) is 3.55. The molecule has 0 spiro atoms. The van der Waals surface area contributed by atoms with E-state index in [0.717, 1.165) is 11.3 Å². The first-order chi connectivity index (χ1) is 10.2. The van der Waals surface area contributed by atoms with Gasteiger partial charge in [-0.2, -0.15) is 4.39 Å². The second-order valence-corrected chi connectivity index (χ2v) is 4.56. The van der Waals surface area contributed by atoms with Gasteiger partial charge in [0.25, 0.3) is 0 Å². The molecule has 0 aliphatic rings. The van der Waals surface area contributed by atoms with E-state index in [1.165, 1.54) is 12.4 Å². The van der Waals surface area contributed by atoms with E-state index in [1.54, 1.807) is 16.8 Å². The van der Waals surface area contributed by atoms with E-state index >= 15 is 0 Å². The molecule has 1 aromatic carbocycles. The van der Waals surface area contributed by atoms with Gasteiger partial charge in [-0.05, 0) is 47.2 Å². The fourth-order valence-corrected chi connectivity index (χ4v) is 2.01. The van der Waals surface area contributed by atoms with Crippen molar-refractivity contribution in [1.82, 2.24) is 25.2 Å². The molecule has 21 heavy (non-hydrogen) atoms. The summed E-state index contributed by atoms with van der Waals surface area (Å²) in [5.41, 5.74) is 1.88. The standard InChI is InChI=1S/C14H13FN6/c1-10(17-14-7-3-6-13(15)18-14)11-4-2-5-12(8-11)21-9-16-19-20-21/h2-10H,1H3,(H,17,18). The highest BCUT2D eigenvalue weighted by atomic mass is 19.1. The SMILES string of the molecule is CC(Nc1cccc(F)n1)c1cccc(-n2cnnn2)c1. The smallest absolute Gasteiger partial charge is 0.214 e. The van der Waals surface area contributed by atoms with Crippen LogP contribution in [0.4, 0.5) is 10.2 Å². The van der Waals surface area contributed by atoms with Gasteiger partial charge in [0.1, 0.15) is 12.1 Å². The van der Waals surface area contributed by atoms with Crippen molar-refractivity contribution in [2.75, 3.05) is 5.32 Å². The third-order valence-electron chi connectivity index (χ3n) is 3.06. The van der Waals surface area contributed by atoms with E-state index < -0.39 is 5.95 Å². The van der Waals surface area contributed by atoms with Crippen molar-refractivity contribution in [2.24, 2.45) is 0 Å². The van der Waals surface area contributed by atoms with Crippen LogP contribution in [0, 0.1) is 5.95 Å². The number of rotatable bonds is 4. The number of pyridine rings is 1. The van der Waals surface area contributed by atoms with Gasteiger partial charge in [0, 0.05) is 0 Å². The van der Waals surface area contributed by atoms with Crippen LogP contribution in [0.15, 0.2) is 48.8 Å². The molecule has 3 aromatic rings. The maximum atomic E-state index is 13.1. The van der Waals surface area contributed by atoms with E-state index in [-0.39, 0.29) is 6.04 Å². The topological polar surface area (TPSA) is 68.5 Å². The summed E-state index contributed by atoms with van der Waals surface area (Å²) in [4.78, 5) is 3.80. The monoisotopic (exact) mass is 284 g/mol. The molecule has 3 rings (SSSR count). The highest BCUT2D eigenvalue weighted by Crippen LogP contribution is 2.20. The Morgan fingerprint density at radius 1 is 1.19 bits per heavy atom. The summed E-state index contributed by atoms with van der Waals surface area (Å²) in [5.74, 6) is -0.00929. The summed E-state index contributed by atoms with van der Waals surface area (Å²) >= 11 is 0. The summed E-state index contributed by atoms with van der Waals surface area (Å²) in [5, 5.41) is 14.2. The van der Waals surface area contributed by atoms with Crippen LogP contribution in [-0.2, 0) is 0 Å². The minimum atomic E-state index is -0.505. The Balaban J connectivity index is 1.81. The van der Waals surface area contributed by atoms with Gasteiger partial charge in [-0.1, -0.05) is 18.2 Å². The molecule has 1 atom stereocenters. The normalized spacial score (nSPS) is 12.1. The largest absolute Gasteiger partial charge is 0.363 e. The minimum absolute atomic E-state index is 0.0317. The summed E-state index contributed by atoms with van der Waals surface area (Å²) in [6, 6.07) is 12.4. The summed E-state index contributed by atoms with van der Waals surface area (Å²) in [6.45, 7) is 1.98. The number of halogens is 1. The molecule has 0 amide bonds. The number of aromatic nitrogens is 5. The Labute approximate surface area is 120 Å². The summed E-state index contributed by atoms with van der Waals surface area (Å²) in [7, 11) is 0. The number of hydrogen-bond donors (Lipinski definition) is 1. The van der Waals surface area contributed by atoms with Crippen molar-refractivity contribution in [3.8, 4) is 5.69 Å². The zero-order valence-corrected chi connectivity index (χ0v) is 11.3. The molecule has 0 saturated heterocycles. The van der Waals surface area contributed by atoms with E-state index in [1.807, 2.05) is 31.2 Å². The molecule has 0 aliphatic carbocycles. The van der Waals surface area contributed by atoms with Gasteiger partial charge in [0.2, 0.25) is 5.95 Å². The Bertz CT molecular complexity index is 728. The van der Waals surface area contributed by atoms with Crippen LogP contribution in [0.1, 0.15) is 18.5 Å². The lowest BCUT2D eigenvalue weighted by Crippen LogP contribution is -2.09. The van der Waals surface area contributed by atoms with Gasteiger partial charge in [0.15, 0.2) is 0 Å². The molecule has 0 radical (unpaired) electrons. The van der Waals surface area contributed by atoms with Gasteiger partial charge < -0.3 is 5.32 Å². The molecule has 0 saturated carbocycles. The maximum Gasteiger partial charge on any atom is 0.214 e. The zero-order valence-electron chi connectivity index (χ0n) is 11.3. The number of nitrogens with one attached hydrogen (secondary N) is 1. The lowest BCUT2D eigenvalue weighted by atomic mass is 10.1. The Morgan fingerprint density at radius 3 is 2.81 bits per heavy atom. The molecule has 0 bridgehead atoms. The summed E-state index contributed by atoms with van der Waals surface area (Å²) in [6.07, 6.45) is 1.53. The molecule has 7 heteroatoms. The van der Waals surface area contributed by atoms with Crippen molar-refractivity contribution in [2.45, 2.75) is 13.0 Å². The first kappa shape index (κ1) is 13.2. The van der Waals surface area contributed by atoms with Crippen molar-refractivity contribution >= 4 is 5.82 Å². The van der Waals surface area contributed by atoms with Gasteiger partial charge in [-0.25, -0.2) is 9.67 Å². The number of tetrazole rings is 1. The van der Waals surface area contributed by atoms with Crippen molar-refractivity contribution < 1.29 is 4.39 Å². The molecule has 2 aromatic heterocycles. The van der Waals surface area contributed by atoms with Crippen molar-refractivity contribution in [1.29, 1.82) is 0 Å². The second-order valence-electron chi connectivity index (χ2n) is 4.56. The summed E-state index contributed by atoms with van der Waals surface area (Å²) < 4.78 is 14.7. The molecule has 106 valence electrons. The van der Waals surface area contributed by atoms with Crippen LogP contribution in [0.5, 0.6) is 0 Å². The highest BCUT2D eigenvalue weighted by Gasteiger charge is 2.08. The average molecular weight is 284 g/mol. The quantitative estimate of drug-likeness (QED) is 0.745. The predicted molar refractivity (Wildman–Crippen MR) is 75.4 cm³/mol. The number of nitrogens with zero attached hydrogens (tertiary/aromatic N) is 5. The number of hydrogen-bond acceptors (Lipinski definition) is 5. The van der Waals surface area contributed by atoms with E-state index in [4.69, 9.17) is 0 Å². The fraction of sp³-hybridized carbons (Fsp3) is 0.143. The van der Waals surface area contributed by atoms with Crippen molar-refractivity contribution in [3.05, 3.63) is 60.3 Å².